The van der Waals surface area contributed by atoms with E-state index in [2.05, 4.69) is 4.98 Å². The normalized spacial score (nSPS) is 10.2. The third-order valence-electron chi connectivity index (χ3n) is 2.16. The number of para-hydroxylation sites is 1. The van der Waals surface area contributed by atoms with Crippen LogP contribution in [0.1, 0.15) is 0 Å². The minimum absolute atomic E-state index is 0.404. The molecule has 1 aromatic heterocycles. The molecule has 1 aromatic carbocycles. The highest BCUT2D eigenvalue weighted by Crippen LogP contribution is 2.37. The molecule has 2 rings (SSSR count). The van der Waals surface area contributed by atoms with Crippen LogP contribution in [0.5, 0.6) is 11.5 Å². The lowest BCUT2D eigenvalue weighted by Crippen LogP contribution is -1.94. The first-order valence-electron chi connectivity index (χ1n) is 4.92. The SMILES string of the molecule is CSc1ccccc1Oc1c(N)cncc1Cl. The number of nitrogens with zero attached hydrogens (tertiary/aromatic N) is 1. The maximum atomic E-state index is 6.00. The van der Waals surface area contributed by atoms with Gasteiger partial charge in [-0.1, -0.05) is 23.7 Å². The number of halogens is 1. The van der Waals surface area contributed by atoms with E-state index in [9.17, 15) is 0 Å². The molecular weight excluding hydrogens is 256 g/mol. The van der Waals surface area contributed by atoms with Crippen LogP contribution >= 0.6 is 23.4 Å². The second kappa shape index (κ2) is 5.29. The van der Waals surface area contributed by atoms with Crippen molar-refractivity contribution in [2.45, 2.75) is 4.90 Å². The largest absolute Gasteiger partial charge is 0.452 e. The Labute approximate surface area is 109 Å². The van der Waals surface area contributed by atoms with Crippen molar-refractivity contribution in [3.8, 4) is 11.5 Å². The summed E-state index contributed by atoms with van der Waals surface area (Å²) >= 11 is 7.60. The number of nitrogen functional groups attached to an aromatic ring is 1. The van der Waals surface area contributed by atoms with E-state index < -0.39 is 0 Å². The number of pyridine rings is 1. The van der Waals surface area contributed by atoms with E-state index in [-0.39, 0.29) is 0 Å². The Hall–Kier alpha value is -1.39. The first kappa shape index (κ1) is 12.1. The molecule has 17 heavy (non-hydrogen) atoms. The fourth-order valence-corrected chi connectivity index (χ4v) is 2.09. The number of thioether (sulfide) groups is 1. The number of nitrogens with two attached hydrogens (primary N) is 1. The van der Waals surface area contributed by atoms with Crippen LogP contribution in [-0.2, 0) is 0 Å². The van der Waals surface area contributed by atoms with Crippen LogP contribution in [0, 0.1) is 0 Å². The predicted molar refractivity (Wildman–Crippen MR) is 72.0 cm³/mol. The Morgan fingerprint density at radius 1 is 1.29 bits per heavy atom. The maximum Gasteiger partial charge on any atom is 0.172 e. The highest BCUT2D eigenvalue weighted by atomic mass is 35.5. The number of ether oxygens (including phenoxy) is 1. The predicted octanol–water partition coefficient (Wildman–Crippen LogP) is 3.83. The maximum absolute atomic E-state index is 6.00. The van der Waals surface area contributed by atoms with Crippen LogP contribution in [0.2, 0.25) is 5.02 Å². The second-order valence-electron chi connectivity index (χ2n) is 3.29. The zero-order valence-electron chi connectivity index (χ0n) is 9.18. The second-order valence-corrected chi connectivity index (χ2v) is 4.55. The van der Waals surface area contributed by atoms with E-state index in [1.807, 2.05) is 30.5 Å². The fraction of sp³-hybridized carbons (Fsp3) is 0.0833. The molecule has 0 amide bonds. The van der Waals surface area contributed by atoms with Crippen molar-refractivity contribution in [1.29, 1.82) is 0 Å². The number of rotatable bonds is 3. The molecular formula is C12H11ClN2OS. The quantitative estimate of drug-likeness (QED) is 0.858. The van der Waals surface area contributed by atoms with E-state index in [4.69, 9.17) is 22.1 Å². The van der Waals surface area contributed by atoms with Crippen LogP contribution in [0.3, 0.4) is 0 Å². The summed E-state index contributed by atoms with van der Waals surface area (Å²) in [5.41, 5.74) is 6.21. The van der Waals surface area contributed by atoms with E-state index in [0.717, 1.165) is 10.6 Å². The minimum atomic E-state index is 0.404. The van der Waals surface area contributed by atoms with E-state index in [0.29, 0.717) is 16.5 Å². The third-order valence-corrected chi connectivity index (χ3v) is 3.21. The van der Waals surface area contributed by atoms with Gasteiger partial charge in [0.25, 0.3) is 0 Å². The molecule has 0 aliphatic rings. The molecule has 0 bridgehead atoms. The Morgan fingerprint density at radius 2 is 2.06 bits per heavy atom. The van der Waals surface area contributed by atoms with Crippen molar-refractivity contribution >= 4 is 29.1 Å². The lowest BCUT2D eigenvalue weighted by Gasteiger charge is -2.12. The van der Waals surface area contributed by atoms with Gasteiger partial charge >= 0.3 is 0 Å². The van der Waals surface area contributed by atoms with Crippen molar-refractivity contribution in [2.75, 3.05) is 12.0 Å². The standard InChI is InChI=1S/C12H11ClN2OS/c1-17-11-5-3-2-4-10(11)16-12-8(13)6-15-7-9(12)14/h2-7H,14H2,1H3. The highest BCUT2D eigenvalue weighted by molar-refractivity contribution is 7.98. The molecule has 2 aromatic rings. The number of hydrogen-bond acceptors (Lipinski definition) is 4. The molecule has 0 fully saturated rings. The Kier molecular flexibility index (Phi) is 3.76. The average molecular weight is 267 g/mol. The number of hydrogen-bond donors (Lipinski definition) is 1. The average Bonchev–Trinajstić information content (AvgIpc) is 2.34. The molecule has 0 aliphatic heterocycles. The van der Waals surface area contributed by atoms with Gasteiger partial charge in [0.2, 0.25) is 0 Å². The molecule has 88 valence electrons. The fourth-order valence-electron chi connectivity index (χ4n) is 1.36. The molecule has 0 saturated heterocycles. The van der Waals surface area contributed by atoms with Gasteiger partial charge in [0.1, 0.15) is 10.8 Å². The van der Waals surface area contributed by atoms with Crippen molar-refractivity contribution in [2.24, 2.45) is 0 Å². The van der Waals surface area contributed by atoms with Crippen LogP contribution in [0.25, 0.3) is 0 Å². The summed E-state index contributed by atoms with van der Waals surface area (Å²) in [6.45, 7) is 0. The zero-order valence-corrected chi connectivity index (χ0v) is 10.8. The van der Waals surface area contributed by atoms with E-state index in [1.165, 1.54) is 12.4 Å². The Bertz CT molecular complexity index is 513. The molecule has 0 atom stereocenters. The molecule has 0 spiro atoms. The number of aromatic nitrogens is 1. The van der Waals surface area contributed by atoms with Crippen LogP contribution < -0.4 is 10.5 Å². The highest BCUT2D eigenvalue weighted by Gasteiger charge is 2.10. The molecule has 0 unspecified atom stereocenters. The van der Waals surface area contributed by atoms with Crippen molar-refractivity contribution in [3.05, 3.63) is 41.7 Å². The first-order chi connectivity index (χ1) is 8.22. The summed E-state index contributed by atoms with van der Waals surface area (Å²) in [6, 6.07) is 7.71. The van der Waals surface area contributed by atoms with Gasteiger partial charge in [0, 0.05) is 11.1 Å². The van der Waals surface area contributed by atoms with Gasteiger partial charge in [-0.2, -0.15) is 0 Å². The lowest BCUT2D eigenvalue weighted by atomic mass is 10.3. The van der Waals surface area contributed by atoms with Gasteiger partial charge in [0.15, 0.2) is 5.75 Å². The minimum Gasteiger partial charge on any atom is -0.452 e. The molecule has 0 radical (unpaired) electrons. The smallest absolute Gasteiger partial charge is 0.172 e. The van der Waals surface area contributed by atoms with Crippen molar-refractivity contribution in [3.63, 3.8) is 0 Å². The first-order valence-corrected chi connectivity index (χ1v) is 6.52. The summed E-state index contributed by atoms with van der Waals surface area (Å²) in [7, 11) is 0. The van der Waals surface area contributed by atoms with Gasteiger partial charge in [-0.25, -0.2) is 0 Å². The molecule has 3 nitrogen and oxygen atoms in total. The van der Waals surface area contributed by atoms with Gasteiger partial charge in [-0.05, 0) is 18.4 Å². The van der Waals surface area contributed by atoms with Gasteiger partial charge in [0.05, 0.1) is 11.9 Å². The summed E-state index contributed by atoms with van der Waals surface area (Å²) < 4.78 is 5.74. The van der Waals surface area contributed by atoms with Crippen molar-refractivity contribution < 1.29 is 4.74 Å². The summed E-state index contributed by atoms with van der Waals surface area (Å²) in [6.07, 6.45) is 5.01. The van der Waals surface area contributed by atoms with Crippen LogP contribution in [0.4, 0.5) is 5.69 Å². The van der Waals surface area contributed by atoms with E-state index in [1.54, 1.807) is 11.8 Å². The molecule has 2 N–H and O–H groups in total. The van der Waals surface area contributed by atoms with Gasteiger partial charge in [-0.3, -0.25) is 4.98 Å². The molecule has 0 aliphatic carbocycles. The number of benzene rings is 1. The lowest BCUT2D eigenvalue weighted by molar-refractivity contribution is 0.473. The molecule has 1 heterocycles. The van der Waals surface area contributed by atoms with Gasteiger partial charge in [-0.15, -0.1) is 11.8 Å². The number of anilines is 1. The van der Waals surface area contributed by atoms with Crippen LogP contribution in [-0.4, -0.2) is 11.2 Å². The third kappa shape index (κ3) is 2.65. The van der Waals surface area contributed by atoms with Crippen molar-refractivity contribution in [1.82, 2.24) is 4.98 Å². The Balaban J connectivity index is 2.38. The molecule has 0 saturated carbocycles. The summed E-state index contributed by atoms with van der Waals surface area (Å²) in [5.74, 6) is 1.18. The summed E-state index contributed by atoms with van der Waals surface area (Å²) in [5, 5.41) is 0.404. The monoisotopic (exact) mass is 266 g/mol. The van der Waals surface area contributed by atoms with E-state index >= 15 is 0 Å². The topological polar surface area (TPSA) is 48.1 Å². The summed E-state index contributed by atoms with van der Waals surface area (Å²) in [4.78, 5) is 4.91. The van der Waals surface area contributed by atoms with Gasteiger partial charge < -0.3 is 10.5 Å². The zero-order chi connectivity index (χ0) is 12.3. The molecule has 5 heteroatoms. The van der Waals surface area contributed by atoms with Crippen LogP contribution in [0.15, 0.2) is 41.6 Å². The Morgan fingerprint density at radius 3 is 2.76 bits per heavy atom.